The molecule has 0 spiro atoms. The largest absolute Gasteiger partial charge is 0.495 e. The quantitative estimate of drug-likeness (QED) is 0.793. The van der Waals surface area contributed by atoms with Crippen molar-refractivity contribution < 1.29 is 9.53 Å². The van der Waals surface area contributed by atoms with Crippen LogP contribution < -0.4 is 15.4 Å². The summed E-state index contributed by atoms with van der Waals surface area (Å²) in [6.45, 7) is 2.53. The lowest BCUT2D eigenvalue weighted by atomic mass is 10.1. The molecule has 6 heteroatoms. The number of nitrogens with one attached hydrogen (secondary N) is 2. The second kappa shape index (κ2) is 8.92. The van der Waals surface area contributed by atoms with E-state index in [1.54, 1.807) is 7.11 Å². The lowest BCUT2D eigenvalue weighted by Crippen LogP contribution is -2.38. The molecule has 1 aliphatic rings. The summed E-state index contributed by atoms with van der Waals surface area (Å²) in [4.78, 5) is 14.8. The second-order valence-corrected chi connectivity index (χ2v) is 6.72. The minimum Gasteiger partial charge on any atom is -0.495 e. The lowest BCUT2D eigenvalue weighted by molar-refractivity contribution is 0.227. The molecule has 0 aliphatic carbocycles. The van der Waals surface area contributed by atoms with Crippen molar-refractivity contribution in [2.45, 2.75) is 18.9 Å². The zero-order chi connectivity index (χ0) is 18.4. The molecule has 2 amide bonds. The highest BCUT2D eigenvalue weighted by atomic mass is 35.5. The van der Waals surface area contributed by atoms with Crippen LogP contribution in [0.25, 0.3) is 0 Å². The standard InChI is InChI=1S/C20H24ClN3O2/c1-26-19-11-5-4-10-17(19)23-20(25)22-14-18(24-12-6-7-13-24)15-8-2-3-9-16(15)21/h2-5,8-11,18H,6-7,12-14H2,1H3,(H2,22,23,25). The third-order valence-corrected chi connectivity index (χ3v) is 5.00. The van der Waals surface area contributed by atoms with Gasteiger partial charge in [0.1, 0.15) is 5.75 Å². The van der Waals surface area contributed by atoms with Gasteiger partial charge in [-0.1, -0.05) is 41.9 Å². The van der Waals surface area contributed by atoms with Gasteiger partial charge in [0.25, 0.3) is 0 Å². The third kappa shape index (κ3) is 4.48. The number of rotatable bonds is 6. The maximum atomic E-state index is 12.4. The van der Waals surface area contributed by atoms with Crippen molar-refractivity contribution in [3.8, 4) is 5.75 Å². The number of amides is 2. The molecule has 3 rings (SSSR count). The maximum absolute atomic E-state index is 12.4. The van der Waals surface area contributed by atoms with Gasteiger partial charge in [-0.25, -0.2) is 4.79 Å². The molecule has 0 radical (unpaired) electrons. The third-order valence-electron chi connectivity index (χ3n) is 4.66. The van der Waals surface area contributed by atoms with E-state index >= 15 is 0 Å². The number of carbonyl (C=O) groups is 1. The van der Waals surface area contributed by atoms with Crippen molar-refractivity contribution in [3.05, 3.63) is 59.1 Å². The van der Waals surface area contributed by atoms with Crippen molar-refractivity contribution in [2.24, 2.45) is 0 Å². The molecule has 138 valence electrons. The average Bonchev–Trinajstić information content (AvgIpc) is 3.18. The van der Waals surface area contributed by atoms with Crippen LogP contribution in [0.1, 0.15) is 24.4 Å². The van der Waals surface area contributed by atoms with Gasteiger partial charge in [-0.15, -0.1) is 0 Å². The van der Waals surface area contributed by atoms with Gasteiger partial charge in [0.05, 0.1) is 18.8 Å². The van der Waals surface area contributed by atoms with Crippen molar-refractivity contribution in [1.82, 2.24) is 10.2 Å². The molecule has 0 saturated carbocycles. The predicted octanol–water partition coefficient (Wildman–Crippen LogP) is 4.31. The van der Waals surface area contributed by atoms with Gasteiger partial charge in [0.2, 0.25) is 0 Å². The van der Waals surface area contributed by atoms with Crippen LogP contribution in [0, 0.1) is 0 Å². The number of benzene rings is 2. The zero-order valence-corrected chi connectivity index (χ0v) is 15.6. The monoisotopic (exact) mass is 373 g/mol. The molecular weight excluding hydrogens is 350 g/mol. The number of hydrogen-bond acceptors (Lipinski definition) is 3. The molecule has 26 heavy (non-hydrogen) atoms. The number of methoxy groups -OCH3 is 1. The molecule has 5 nitrogen and oxygen atoms in total. The zero-order valence-electron chi connectivity index (χ0n) is 14.9. The van der Waals surface area contributed by atoms with Crippen LogP contribution in [-0.4, -0.2) is 37.7 Å². The number of anilines is 1. The fourth-order valence-electron chi connectivity index (χ4n) is 3.34. The van der Waals surface area contributed by atoms with Gasteiger partial charge in [0, 0.05) is 11.6 Å². The number of hydrogen-bond donors (Lipinski definition) is 2. The summed E-state index contributed by atoms with van der Waals surface area (Å²) in [5.74, 6) is 0.629. The van der Waals surface area contributed by atoms with Crippen molar-refractivity contribution in [3.63, 3.8) is 0 Å². The number of urea groups is 1. The first-order valence-corrected chi connectivity index (χ1v) is 9.23. The second-order valence-electron chi connectivity index (χ2n) is 6.32. The number of halogens is 1. The molecule has 2 aromatic carbocycles. The fraction of sp³-hybridized carbons (Fsp3) is 0.350. The van der Waals surface area contributed by atoms with Crippen molar-refractivity contribution >= 4 is 23.3 Å². The number of para-hydroxylation sites is 2. The summed E-state index contributed by atoms with van der Waals surface area (Å²) in [6.07, 6.45) is 2.35. The highest BCUT2D eigenvalue weighted by Gasteiger charge is 2.25. The topological polar surface area (TPSA) is 53.6 Å². The van der Waals surface area contributed by atoms with E-state index in [1.807, 2.05) is 48.5 Å². The van der Waals surface area contributed by atoms with E-state index in [2.05, 4.69) is 15.5 Å². The van der Waals surface area contributed by atoms with Gasteiger partial charge in [-0.05, 0) is 49.7 Å². The molecule has 0 aromatic heterocycles. The molecule has 1 unspecified atom stereocenters. The molecule has 1 fully saturated rings. The average molecular weight is 374 g/mol. The van der Waals surface area contributed by atoms with Crippen LogP contribution >= 0.6 is 11.6 Å². The van der Waals surface area contributed by atoms with E-state index in [-0.39, 0.29) is 12.1 Å². The highest BCUT2D eigenvalue weighted by molar-refractivity contribution is 6.31. The van der Waals surface area contributed by atoms with Gasteiger partial charge in [0.15, 0.2) is 0 Å². The number of carbonyl (C=O) groups excluding carboxylic acids is 1. The summed E-state index contributed by atoms with van der Waals surface area (Å²) in [7, 11) is 1.58. The first-order valence-electron chi connectivity index (χ1n) is 8.85. The first kappa shape index (κ1) is 18.5. The Balaban J connectivity index is 1.67. The first-order chi connectivity index (χ1) is 12.7. The Morgan fingerprint density at radius 2 is 1.85 bits per heavy atom. The number of ether oxygens (including phenoxy) is 1. The van der Waals surface area contributed by atoms with Gasteiger partial charge in [-0.3, -0.25) is 4.90 Å². The molecular formula is C20H24ClN3O2. The molecule has 0 bridgehead atoms. The molecule has 2 N–H and O–H groups in total. The van der Waals surface area contributed by atoms with E-state index in [0.29, 0.717) is 18.0 Å². The van der Waals surface area contributed by atoms with E-state index in [0.717, 1.165) is 23.7 Å². The summed E-state index contributed by atoms with van der Waals surface area (Å²) < 4.78 is 5.27. The minimum absolute atomic E-state index is 0.0645. The molecule has 2 aromatic rings. The number of likely N-dealkylation sites (tertiary alicyclic amines) is 1. The molecule has 1 aliphatic heterocycles. The van der Waals surface area contributed by atoms with Crippen molar-refractivity contribution in [1.29, 1.82) is 0 Å². The predicted molar refractivity (Wildman–Crippen MR) is 105 cm³/mol. The van der Waals surface area contributed by atoms with Crippen LogP contribution in [0.2, 0.25) is 5.02 Å². The van der Waals surface area contributed by atoms with E-state index in [9.17, 15) is 4.79 Å². The van der Waals surface area contributed by atoms with Crippen LogP contribution in [-0.2, 0) is 0 Å². The van der Waals surface area contributed by atoms with Crippen LogP contribution in [0.3, 0.4) is 0 Å². The van der Waals surface area contributed by atoms with Crippen molar-refractivity contribution in [2.75, 3.05) is 32.1 Å². The molecule has 1 heterocycles. The SMILES string of the molecule is COc1ccccc1NC(=O)NCC(c1ccccc1Cl)N1CCCC1. The van der Waals surface area contributed by atoms with Gasteiger partial charge in [-0.2, -0.15) is 0 Å². The Kier molecular flexibility index (Phi) is 6.36. The Hall–Kier alpha value is -2.24. The maximum Gasteiger partial charge on any atom is 0.319 e. The molecule has 1 saturated heterocycles. The summed E-state index contributed by atoms with van der Waals surface area (Å²) >= 11 is 6.41. The smallest absolute Gasteiger partial charge is 0.319 e. The number of nitrogens with zero attached hydrogens (tertiary/aromatic N) is 1. The van der Waals surface area contributed by atoms with Crippen LogP contribution in [0.15, 0.2) is 48.5 Å². The summed E-state index contributed by atoms with van der Waals surface area (Å²) in [5, 5.41) is 6.56. The lowest BCUT2D eigenvalue weighted by Gasteiger charge is -2.29. The van der Waals surface area contributed by atoms with E-state index < -0.39 is 0 Å². The fourth-order valence-corrected chi connectivity index (χ4v) is 3.60. The van der Waals surface area contributed by atoms with Gasteiger partial charge < -0.3 is 15.4 Å². The molecule has 1 atom stereocenters. The Labute approximate surface area is 159 Å². The van der Waals surface area contributed by atoms with Crippen LogP contribution in [0.5, 0.6) is 5.75 Å². The van der Waals surface area contributed by atoms with E-state index in [4.69, 9.17) is 16.3 Å². The minimum atomic E-state index is -0.259. The van der Waals surface area contributed by atoms with Gasteiger partial charge >= 0.3 is 6.03 Å². The Morgan fingerprint density at radius 1 is 1.15 bits per heavy atom. The summed E-state index contributed by atoms with van der Waals surface area (Å²) in [5.41, 5.74) is 1.69. The summed E-state index contributed by atoms with van der Waals surface area (Å²) in [6, 6.07) is 15.0. The normalized spacial score (nSPS) is 15.5. The highest BCUT2D eigenvalue weighted by Crippen LogP contribution is 2.30. The van der Waals surface area contributed by atoms with E-state index in [1.165, 1.54) is 12.8 Å². The Bertz CT molecular complexity index is 747. The van der Waals surface area contributed by atoms with Crippen LogP contribution in [0.4, 0.5) is 10.5 Å². The Morgan fingerprint density at radius 3 is 2.58 bits per heavy atom.